The summed E-state index contributed by atoms with van der Waals surface area (Å²) in [4.78, 5) is 0. The van der Waals surface area contributed by atoms with Crippen LogP contribution in [0.25, 0.3) is 0 Å². The van der Waals surface area contributed by atoms with Gasteiger partial charge in [-0.1, -0.05) is 53.2 Å². The Morgan fingerprint density at radius 2 is 1.95 bits per heavy atom. The fourth-order valence-corrected chi connectivity index (χ4v) is 3.25. The molecule has 0 aromatic heterocycles. The maximum Gasteiger partial charge on any atom is 0.128 e. The average molecular weight is 333 g/mol. The largest absolute Gasteiger partial charge is 0.493 e. The van der Waals surface area contributed by atoms with E-state index in [9.17, 15) is 5.11 Å². The van der Waals surface area contributed by atoms with Gasteiger partial charge >= 0.3 is 0 Å². The molecule has 0 bridgehead atoms. The fourth-order valence-electron chi connectivity index (χ4n) is 2.73. The van der Waals surface area contributed by atoms with Crippen LogP contribution >= 0.6 is 15.9 Å². The van der Waals surface area contributed by atoms with Gasteiger partial charge in [-0.25, -0.2) is 0 Å². The van der Waals surface area contributed by atoms with Crippen molar-refractivity contribution < 1.29 is 9.84 Å². The molecule has 0 spiro atoms. The Balaban J connectivity index is 1.97. The van der Waals surface area contributed by atoms with Crippen LogP contribution in [0.2, 0.25) is 0 Å². The van der Waals surface area contributed by atoms with Crippen molar-refractivity contribution >= 4 is 15.9 Å². The van der Waals surface area contributed by atoms with Gasteiger partial charge in [0.05, 0.1) is 12.7 Å². The molecule has 2 aromatic carbocycles. The van der Waals surface area contributed by atoms with Gasteiger partial charge in [-0.05, 0) is 23.3 Å². The van der Waals surface area contributed by atoms with Crippen molar-refractivity contribution in [3.63, 3.8) is 0 Å². The monoisotopic (exact) mass is 332 g/mol. The zero-order chi connectivity index (χ0) is 14.1. The molecule has 2 atom stereocenters. The Hall–Kier alpha value is -1.32. The number of fused-ring (bicyclic) bond motifs is 1. The summed E-state index contributed by atoms with van der Waals surface area (Å²) in [7, 11) is 0. The molecule has 0 amide bonds. The molecule has 104 valence electrons. The molecule has 1 N–H and O–H groups in total. The number of aliphatic hydroxyl groups is 1. The van der Waals surface area contributed by atoms with Crippen LogP contribution in [0.4, 0.5) is 0 Å². The molecule has 0 saturated carbocycles. The number of aliphatic hydroxyl groups excluding tert-OH is 1. The standard InChI is InChI=1S/C17H17BrO2/c1-11(12-5-3-2-4-6-12)16(19)15-10-14(18)9-13-7-8-20-17(13)15/h2-6,9-11,16,19H,7-8H2,1H3. The van der Waals surface area contributed by atoms with Gasteiger partial charge in [-0.3, -0.25) is 0 Å². The van der Waals surface area contributed by atoms with Crippen LogP contribution in [0.15, 0.2) is 46.9 Å². The molecule has 3 rings (SSSR count). The van der Waals surface area contributed by atoms with Gasteiger partial charge in [-0.15, -0.1) is 0 Å². The van der Waals surface area contributed by atoms with Gasteiger partial charge in [0, 0.05) is 22.4 Å². The first-order valence-electron chi connectivity index (χ1n) is 6.85. The average Bonchev–Trinajstić information content (AvgIpc) is 2.94. The zero-order valence-corrected chi connectivity index (χ0v) is 12.9. The molecule has 0 saturated heterocycles. The Labute approximate surface area is 127 Å². The molecule has 2 aromatic rings. The zero-order valence-electron chi connectivity index (χ0n) is 11.3. The minimum atomic E-state index is -0.568. The Bertz CT molecular complexity index is 610. The molecule has 1 heterocycles. The van der Waals surface area contributed by atoms with E-state index in [1.807, 2.05) is 43.3 Å². The van der Waals surface area contributed by atoms with Crippen LogP contribution in [0.5, 0.6) is 5.75 Å². The predicted octanol–water partition coefficient (Wildman–Crippen LogP) is 4.22. The predicted molar refractivity (Wildman–Crippen MR) is 83.2 cm³/mol. The molecule has 3 heteroatoms. The van der Waals surface area contributed by atoms with Crippen molar-refractivity contribution in [2.75, 3.05) is 6.61 Å². The number of hydrogen-bond acceptors (Lipinski definition) is 2. The van der Waals surface area contributed by atoms with Gasteiger partial charge < -0.3 is 9.84 Å². The normalized spacial score (nSPS) is 16.4. The van der Waals surface area contributed by atoms with Crippen LogP contribution < -0.4 is 4.74 Å². The third-order valence-electron chi connectivity index (χ3n) is 3.89. The molecule has 2 unspecified atom stereocenters. The number of rotatable bonds is 3. The van der Waals surface area contributed by atoms with E-state index in [0.717, 1.165) is 27.8 Å². The van der Waals surface area contributed by atoms with Crippen molar-refractivity contribution in [2.24, 2.45) is 0 Å². The van der Waals surface area contributed by atoms with E-state index < -0.39 is 6.10 Å². The highest BCUT2D eigenvalue weighted by Gasteiger charge is 2.26. The lowest BCUT2D eigenvalue weighted by Crippen LogP contribution is -2.09. The molecular weight excluding hydrogens is 316 g/mol. The van der Waals surface area contributed by atoms with E-state index in [1.54, 1.807) is 0 Å². The van der Waals surface area contributed by atoms with Gasteiger partial charge in [0.1, 0.15) is 5.75 Å². The second-order valence-corrected chi connectivity index (χ2v) is 6.14. The van der Waals surface area contributed by atoms with E-state index in [1.165, 1.54) is 5.56 Å². The minimum Gasteiger partial charge on any atom is -0.493 e. The summed E-state index contributed by atoms with van der Waals surface area (Å²) in [6.45, 7) is 2.74. The van der Waals surface area contributed by atoms with Crippen molar-refractivity contribution in [1.82, 2.24) is 0 Å². The quantitative estimate of drug-likeness (QED) is 0.911. The summed E-state index contributed by atoms with van der Waals surface area (Å²) in [5.74, 6) is 0.891. The second-order valence-electron chi connectivity index (χ2n) is 5.23. The van der Waals surface area contributed by atoms with Gasteiger partial charge in [0.25, 0.3) is 0 Å². The van der Waals surface area contributed by atoms with E-state index in [4.69, 9.17) is 4.74 Å². The van der Waals surface area contributed by atoms with Crippen molar-refractivity contribution in [3.8, 4) is 5.75 Å². The van der Waals surface area contributed by atoms with Crippen molar-refractivity contribution in [3.05, 3.63) is 63.6 Å². The maximum absolute atomic E-state index is 10.7. The Morgan fingerprint density at radius 3 is 2.70 bits per heavy atom. The first kappa shape index (κ1) is 13.7. The molecule has 20 heavy (non-hydrogen) atoms. The topological polar surface area (TPSA) is 29.5 Å². The van der Waals surface area contributed by atoms with Crippen LogP contribution in [-0.4, -0.2) is 11.7 Å². The Kier molecular flexibility index (Phi) is 3.81. The van der Waals surface area contributed by atoms with Gasteiger partial charge in [0.15, 0.2) is 0 Å². The van der Waals surface area contributed by atoms with Gasteiger partial charge in [0.2, 0.25) is 0 Å². The molecule has 1 aliphatic rings. The van der Waals surface area contributed by atoms with Crippen LogP contribution in [0.3, 0.4) is 0 Å². The SMILES string of the molecule is CC(c1ccccc1)C(O)c1cc(Br)cc2c1OCC2. The first-order chi connectivity index (χ1) is 9.66. The molecule has 0 aliphatic carbocycles. The van der Waals surface area contributed by atoms with Crippen LogP contribution in [-0.2, 0) is 6.42 Å². The Morgan fingerprint density at radius 1 is 1.20 bits per heavy atom. The molecule has 0 fully saturated rings. The lowest BCUT2D eigenvalue weighted by molar-refractivity contribution is 0.147. The second kappa shape index (κ2) is 5.58. The molecule has 0 radical (unpaired) electrons. The fraction of sp³-hybridized carbons (Fsp3) is 0.294. The summed E-state index contributed by atoms with van der Waals surface area (Å²) in [6, 6.07) is 14.1. The number of ether oxygens (including phenoxy) is 1. The number of benzene rings is 2. The van der Waals surface area contributed by atoms with Crippen molar-refractivity contribution in [1.29, 1.82) is 0 Å². The summed E-state index contributed by atoms with van der Waals surface area (Å²) in [5, 5.41) is 10.7. The summed E-state index contributed by atoms with van der Waals surface area (Å²) in [5.41, 5.74) is 3.18. The van der Waals surface area contributed by atoms with Crippen LogP contribution in [0, 0.1) is 0 Å². The number of halogens is 1. The molecular formula is C17H17BrO2. The molecule has 1 aliphatic heterocycles. The lowest BCUT2D eigenvalue weighted by Gasteiger charge is -2.22. The summed E-state index contributed by atoms with van der Waals surface area (Å²) >= 11 is 3.52. The van der Waals surface area contributed by atoms with Crippen molar-refractivity contribution in [2.45, 2.75) is 25.4 Å². The highest BCUT2D eigenvalue weighted by Crippen LogP contribution is 2.41. The summed E-state index contributed by atoms with van der Waals surface area (Å²) in [6.07, 6.45) is 0.343. The van der Waals surface area contributed by atoms with E-state index in [-0.39, 0.29) is 5.92 Å². The maximum atomic E-state index is 10.7. The smallest absolute Gasteiger partial charge is 0.128 e. The van der Waals surface area contributed by atoms with E-state index in [2.05, 4.69) is 22.0 Å². The number of hydrogen-bond donors (Lipinski definition) is 1. The molecule has 2 nitrogen and oxygen atoms in total. The highest BCUT2D eigenvalue weighted by molar-refractivity contribution is 9.10. The third-order valence-corrected chi connectivity index (χ3v) is 4.35. The minimum absolute atomic E-state index is 0.0267. The lowest BCUT2D eigenvalue weighted by atomic mass is 9.89. The van der Waals surface area contributed by atoms with E-state index >= 15 is 0 Å². The van der Waals surface area contributed by atoms with E-state index in [0.29, 0.717) is 6.61 Å². The first-order valence-corrected chi connectivity index (χ1v) is 7.64. The highest BCUT2D eigenvalue weighted by atomic mass is 79.9. The van der Waals surface area contributed by atoms with Crippen LogP contribution in [0.1, 0.15) is 35.6 Å². The van der Waals surface area contributed by atoms with Gasteiger partial charge in [-0.2, -0.15) is 0 Å². The third kappa shape index (κ3) is 2.48. The summed E-state index contributed by atoms with van der Waals surface area (Å²) < 4.78 is 6.71.